The number of carbonyl (C=O) groups is 1. The van der Waals surface area contributed by atoms with Crippen molar-refractivity contribution in [3.05, 3.63) is 36.2 Å². The SMILES string of the molecule is C[C@@H]1COCCN1c1cc(-n2c(C(F)F)nc3ccccc32)nc(NCC2CCC(NC(=O)OC(C)(C)C)CC2)n1. The van der Waals surface area contributed by atoms with Gasteiger partial charge in [0.15, 0.2) is 5.82 Å². The molecule has 1 saturated heterocycles. The lowest BCUT2D eigenvalue weighted by Crippen LogP contribution is -2.44. The van der Waals surface area contributed by atoms with Gasteiger partial charge >= 0.3 is 6.09 Å². The van der Waals surface area contributed by atoms with Crippen LogP contribution < -0.4 is 15.5 Å². The van der Waals surface area contributed by atoms with Gasteiger partial charge in [-0.1, -0.05) is 12.1 Å². The number of hydrogen-bond acceptors (Lipinski definition) is 8. The van der Waals surface area contributed by atoms with Gasteiger partial charge in [0.25, 0.3) is 6.43 Å². The minimum atomic E-state index is -2.77. The molecule has 2 fully saturated rings. The summed E-state index contributed by atoms with van der Waals surface area (Å²) >= 11 is 0. The van der Waals surface area contributed by atoms with E-state index in [9.17, 15) is 13.6 Å². The van der Waals surface area contributed by atoms with Crippen LogP contribution in [0.2, 0.25) is 0 Å². The van der Waals surface area contributed by atoms with Crippen molar-refractivity contribution in [3.63, 3.8) is 0 Å². The molecule has 12 heteroatoms. The Morgan fingerprint density at radius 2 is 1.85 bits per heavy atom. The predicted octanol–water partition coefficient (Wildman–Crippen LogP) is 5.47. The molecule has 0 spiro atoms. The maximum absolute atomic E-state index is 14.1. The summed E-state index contributed by atoms with van der Waals surface area (Å²) in [6.07, 6.45) is 0.377. The van der Waals surface area contributed by atoms with Crippen molar-refractivity contribution >= 4 is 28.9 Å². The summed E-state index contributed by atoms with van der Waals surface area (Å²) in [5.74, 6) is 1.37. The van der Waals surface area contributed by atoms with Crippen LogP contribution in [0.3, 0.4) is 0 Å². The topological polar surface area (TPSA) is 106 Å². The summed E-state index contributed by atoms with van der Waals surface area (Å²) < 4.78 is 40.7. The maximum Gasteiger partial charge on any atom is 0.407 e. The van der Waals surface area contributed by atoms with Crippen molar-refractivity contribution in [2.24, 2.45) is 5.92 Å². The Balaban J connectivity index is 1.35. The van der Waals surface area contributed by atoms with Crippen molar-refractivity contribution in [1.82, 2.24) is 24.8 Å². The van der Waals surface area contributed by atoms with Gasteiger partial charge in [0, 0.05) is 25.2 Å². The fourth-order valence-electron chi connectivity index (χ4n) is 5.48. The minimum absolute atomic E-state index is 0.0706. The van der Waals surface area contributed by atoms with E-state index in [2.05, 4.69) is 27.4 Å². The van der Waals surface area contributed by atoms with Crippen LogP contribution in [0, 0.1) is 5.92 Å². The Labute approximate surface area is 238 Å². The minimum Gasteiger partial charge on any atom is -0.444 e. The maximum atomic E-state index is 14.1. The lowest BCUT2D eigenvalue weighted by molar-refractivity contribution is 0.0488. The molecule has 3 aromatic rings. The summed E-state index contributed by atoms with van der Waals surface area (Å²) in [6, 6.07) is 8.97. The standard InChI is InChI=1S/C29H39F2N7O3/c1-18-17-40-14-13-37(18)23-15-24(38-22-8-6-5-7-21(22)34-26(38)25(30)31)36-27(35-23)32-16-19-9-11-20(12-10-19)33-28(39)41-29(2,3)4/h5-8,15,18-20,25H,9-14,16-17H2,1-4H3,(H,33,39)(H,32,35,36)/t18-,19?,20?/m1/s1. The Bertz CT molecular complexity index is 1350. The summed E-state index contributed by atoms with van der Waals surface area (Å²) in [7, 11) is 0. The number of rotatable bonds is 7. The molecule has 2 aromatic heterocycles. The molecule has 1 atom stereocenters. The normalized spacial score (nSPS) is 21.7. The van der Waals surface area contributed by atoms with Crippen LogP contribution in [0.15, 0.2) is 30.3 Å². The molecular formula is C29H39F2N7O3. The average Bonchev–Trinajstić information content (AvgIpc) is 3.32. The molecule has 2 N–H and O–H groups in total. The van der Waals surface area contributed by atoms with Gasteiger partial charge in [0.05, 0.1) is 30.3 Å². The quantitative estimate of drug-likeness (QED) is 0.384. The molecule has 222 valence electrons. The van der Waals surface area contributed by atoms with E-state index in [1.165, 1.54) is 4.57 Å². The first-order chi connectivity index (χ1) is 19.6. The third-order valence-electron chi connectivity index (χ3n) is 7.49. The van der Waals surface area contributed by atoms with Gasteiger partial charge in [-0.25, -0.2) is 18.6 Å². The number of amides is 1. The van der Waals surface area contributed by atoms with E-state index in [0.717, 1.165) is 25.7 Å². The van der Waals surface area contributed by atoms with Crippen molar-refractivity contribution in [2.75, 3.05) is 36.5 Å². The molecule has 1 saturated carbocycles. The molecular weight excluding hydrogens is 532 g/mol. The van der Waals surface area contributed by atoms with Crippen LogP contribution in [0.25, 0.3) is 16.9 Å². The number of fused-ring (bicyclic) bond motifs is 1. The molecule has 3 heterocycles. The molecule has 41 heavy (non-hydrogen) atoms. The Morgan fingerprint density at radius 3 is 2.56 bits per heavy atom. The summed E-state index contributed by atoms with van der Waals surface area (Å²) in [5, 5.41) is 6.36. The molecule has 10 nitrogen and oxygen atoms in total. The van der Waals surface area contributed by atoms with Crippen molar-refractivity contribution in [1.29, 1.82) is 0 Å². The fraction of sp³-hybridized carbons (Fsp3) is 0.586. The number of alkyl carbamates (subject to hydrolysis) is 1. The van der Waals surface area contributed by atoms with Crippen LogP contribution in [-0.2, 0) is 9.47 Å². The summed E-state index contributed by atoms with van der Waals surface area (Å²) in [4.78, 5) is 28.0. The zero-order valence-electron chi connectivity index (χ0n) is 24.1. The first-order valence-corrected chi connectivity index (χ1v) is 14.3. The molecule has 2 aliphatic rings. The molecule has 1 aromatic carbocycles. The second-order valence-electron chi connectivity index (χ2n) is 11.9. The average molecular weight is 572 g/mol. The number of nitrogens with zero attached hydrogens (tertiary/aromatic N) is 5. The van der Waals surface area contributed by atoms with Gasteiger partial charge in [0.2, 0.25) is 5.95 Å². The third-order valence-corrected chi connectivity index (χ3v) is 7.49. The Morgan fingerprint density at radius 1 is 1.12 bits per heavy atom. The molecule has 1 aliphatic carbocycles. The van der Waals surface area contributed by atoms with E-state index >= 15 is 0 Å². The molecule has 0 radical (unpaired) electrons. The van der Waals surface area contributed by atoms with Crippen LogP contribution >= 0.6 is 0 Å². The van der Waals surface area contributed by atoms with E-state index < -0.39 is 12.0 Å². The highest BCUT2D eigenvalue weighted by Gasteiger charge is 2.27. The predicted molar refractivity (Wildman–Crippen MR) is 153 cm³/mol. The summed E-state index contributed by atoms with van der Waals surface area (Å²) in [5.41, 5.74) is 0.509. The van der Waals surface area contributed by atoms with Gasteiger partial charge in [-0.3, -0.25) is 4.57 Å². The number of para-hydroxylation sites is 2. The molecule has 1 aliphatic heterocycles. The number of hydrogen-bond donors (Lipinski definition) is 2. The van der Waals surface area contributed by atoms with Gasteiger partial charge < -0.3 is 25.0 Å². The van der Waals surface area contributed by atoms with Gasteiger partial charge in [0.1, 0.15) is 17.2 Å². The number of anilines is 2. The number of aromatic nitrogens is 4. The smallest absolute Gasteiger partial charge is 0.407 e. The fourth-order valence-corrected chi connectivity index (χ4v) is 5.48. The molecule has 1 amide bonds. The number of imidazole rings is 1. The number of benzene rings is 1. The van der Waals surface area contributed by atoms with Crippen molar-refractivity contribution < 1.29 is 23.0 Å². The highest BCUT2D eigenvalue weighted by atomic mass is 19.3. The van der Waals surface area contributed by atoms with E-state index in [1.54, 1.807) is 30.3 Å². The van der Waals surface area contributed by atoms with Gasteiger partial charge in [-0.05, 0) is 71.4 Å². The second kappa shape index (κ2) is 12.1. The summed E-state index contributed by atoms with van der Waals surface area (Å²) in [6.45, 7) is 9.98. The number of morpholine rings is 1. The lowest BCUT2D eigenvalue weighted by atomic mass is 9.86. The first-order valence-electron chi connectivity index (χ1n) is 14.3. The van der Waals surface area contributed by atoms with Gasteiger partial charge in [-0.2, -0.15) is 9.97 Å². The van der Waals surface area contributed by atoms with Gasteiger partial charge in [-0.15, -0.1) is 0 Å². The Kier molecular flexibility index (Phi) is 8.58. The van der Waals surface area contributed by atoms with Crippen LogP contribution in [-0.4, -0.2) is 69.6 Å². The molecule has 5 rings (SSSR count). The second-order valence-corrected chi connectivity index (χ2v) is 11.9. The van der Waals surface area contributed by atoms with E-state index in [4.69, 9.17) is 19.4 Å². The van der Waals surface area contributed by atoms with E-state index in [-0.39, 0.29) is 24.0 Å². The first kappa shape index (κ1) is 29.0. The van der Waals surface area contributed by atoms with Crippen LogP contribution in [0.4, 0.5) is 25.3 Å². The Hall–Kier alpha value is -3.54. The lowest BCUT2D eigenvalue weighted by Gasteiger charge is -2.34. The zero-order chi connectivity index (χ0) is 29.1. The molecule has 0 unspecified atom stereocenters. The molecule has 0 bridgehead atoms. The van der Waals surface area contributed by atoms with E-state index in [1.807, 2.05) is 20.8 Å². The highest BCUT2D eigenvalue weighted by molar-refractivity contribution is 5.78. The monoisotopic (exact) mass is 571 g/mol. The van der Waals surface area contributed by atoms with Crippen molar-refractivity contribution in [2.45, 2.75) is 77.5 Å². The largest absolute Gasteiger partial charge is 0.444 e. The zero-order valence-corrected chi connectivity index (χ0v) is 24.1. The number of ether oxygens (including phenoxy) is 2. The van der Waals surface area contributed by atoms with Crippen LogP contribution in [0.5, 0.6) is 0 Å². The van der Waals surface area contributed by atoms with E-state index in [0.29, 0.717) is 60.8 Å². The van der Waals surface area contributed by atoms with Crippen LogP contribution in [0.1, 0.15) is 65.6 Å². The third kappa shape index (κ3) is 7.03. The number of halogens is 2. The number of nitrogens with one attached hydrogen (secondary N) is 2. The van der Waals surface area contributed by atoms with Crippen molar-refractivity contribution in [3.8, 4) is 5.82 Å². The number of alkyl halides is 2. The highest BCUT2D eigenvalue weighted by Crippen LogP contribution is 2.30. The number of carbonyl (C=O) groups excluding carboxylic acids is 1.